The van der Waals surface area contributed by atoms with Gasteiger partial charge in [-0.2, -0.15) is 0 Å². The van der Waals surface area contributed by atoms with Crippen molar-refractivity contribution in [2.45, 2.75) is 11.6 Å². The lowest BCUT2D eigenvalue weighted by molar-refractivity contribution is 0.579. The summed E-state index contributed by atoms with van der Waals surface area (Å²) in [6.07, 6.45) is 8.54. The van der Waals surface area contributed by atoms with E-state index in [9.17, 15) is 0 Å². The summed E-state index contributed by atoms with van der Waals surface area (Å²) in [5.41, 5.74) is 4.45. The first-order valence-corrected chi connectivity index (χ1v) is 11.8. The van der Waals surface area contributed by atoms with E-state index < -0.39 is 7.14 Å². The van der Waals surface area contributed by atoms with Crippen LogP contribution >= 0.6 is 7.14 Å². The summed E-state index contributed by atoms with van der Waals surface area (Å²) in [6.45, 7) is 0. The van der Waals surface area contributed by atoms with E-state index in [1.807, 2.05) is 42.5 Å². The second-order valence-corrected chi connectivity index (χ2v) is 10.7. The molecule has 1 N–H and O–H groups in total. The highest BCUT2D eigenvalue weighted by Gasteiger charge is 2.45. The van der Waals surface area contributed by atoms with Crippen molar-refractivity contribution < 1.29 is 4.57 Å². The van der Waals surface area contributed by atoms with E-state index in [2.05, 4.69) is 65.7 Å². The Hall–Kier alpha value is -3.09. The standard InChI is InChI=1S/C26H20NOP/c28-29(18-10-2-1-3-11-18)23-16-8-5-13-20(23)25-19-12-4-7-15-22(19)27-26(25)21-14-6-9-17-24(21)29/h1-17,20,23,27H. The lowest BCUT2D eigenvalue weighted by Gasteiger charge is -2.31. The zero-order valence-electron chi connectivity index (χ0n) is 15.8. The fourth-order valence-corrected chi connectivity index (χ4v) is 8.48. The van der Waals surface area contributed by atoms with Crippen LogP contribution in [0.2, 0.25) is 0 Å². The number of H-pyrrole nitrogens is 1. The smallest absolute Gasteiger partial charge is 0.151 e. The van der Waals surface area contributed by atoms with Gasteiger partial charge >= 0.3 is 0 Å². The number of hydrogen-bond acceptors (Lipinski definition) is 1. The van der Waals surface area contributed by atoms with Crippen LogP contribution in [0.1, 0.15) is 11.5 Å². The SMILES string of the molecule is O=P1(c2ccccc2)c2ccccc2-c2[nH]c3ccccc3c2C2C=CC=CC21. The van der Waals surface area contributed by atoms with E-state index >= 15 is 4.57 Å². The normalized spacial score (nSPS) is 24.6. The molecule has 0 amide bonds. The Morgan fingerprint density at radius 2 is 1.48 bits per heavy atom. The number of rotatable bonds is 1. The van der Waals surface area contributed by atoms with Gasteiger partial charge in [-0.25, -0.2) is 0 Å². The molecular weight excluding hydrogens is 373 g/mol. The Bertz CT molecular complexity index is 1350. The van der Waals surface area contributed by atoms with Gasteiger partial charge in [-0.3, -0.25) is 0 Å². The fourth-order valence-electron chi connectivity index (χ4n) is 5.03. The van der Waals surface area contributed by atoms with E-state index in [-0.39, 0.29) is 11.6 Å². The van der Waals surface area contributed by atoms with Crippen molar-refractivity contribution in [1.82, 2.24) is 4.98 Å². The Morgan fingerprint density at radius 1 is 0.759 bits per heavy atom. The number of nitrogens with one attached hydrogen (secondary N) is 1. The number of allylic oxidation sites excluding steroid dienone is 4. The first-order valence-electron chi connectivity index (χ1n) is 9.99. The van der Waals surface area contributed by atoms with Gasteiger partial charge in [0.1, 0.15) is 0 Å². The molecule has 4 aromatic rings. The lowest BCUT2D eigenvalue weighted by Crippen LogP contribution is -2.28. The minimum Gasteiger partial charge on any atom is -0.354 e. The highest BCUT2D eigenvalue weighted by Crippen LogP contribution is 2.60. The Kier molecular flexibility index (Phi) is 3.60. The molecule has 0 saturated heterocycles. The van der Waals surface area contributed by atoms with Crippen molar-refractivity contribution >= 4 is 28.7 Å². The molecule has 29 heavy (non-hydrogen) atoms. The number of benzene rings is 3. The van der Waals surface area contributed by atoms with Gasteiger partial charge in [-0.15, -0.1) is 0 Å². The van der Waals surface area contributed by atoms with Crippen LogP contribution in [0.5, 0.6) is 0 Å². The van der Waals surface area contributed by atoms with Crippen molar-refractivity contribution in [2.24, 2.45) is 0 Å². The maximum Gasteiger partial charge on any atom is 0.151 e. The van der Waals surface area contributed by atoms with Gasteiger partial charge in [0.05, 0.1) is 5.69 Å². The lowest BCUT2D eigenvalue weighted by atomic mass is 9.88. The predicted molar refractivity (Wildman–Crippen MR) is 122 cm³/mol. The largest absolute Gasteiger partial charge is 0.354 e. The van der Waals surface area contributed by atoms with Crippen LogP contribution in [0.15, 0.2) is 103 Å². The number of hydrogen-bond donors (Lipinski definition) is 1. The fraction of sp³-hybridized carbons (Fsp3) is 0.0769. The van der Waals surface area contributed by atoms with Gasteiger partial charge in [0.15, 0.2) is 7.14 Å². The van der Waals surface area contributed by atoms with Crippen molar-refractivity contribution in [3.05, 3.63) is 109 Å². The molecule has 1 aromatic heterocycles. The number of aromatic amines is 1. The van der Waals surface area contributed by atoms with E-state index in [0.29, 0.717) is 0 Å². The third kappa shape index (κ3) is 2.27. The zero-order valence-corrected chi connectivity index (χ0v) is 16.7. The Labute approximate surface area is 170 Å². The number of aromatic nitrogens is 1. The summed E-state index contributed by atoms with van der Waals surface area (Å²) >= 11 is 0. The van der Waals surface area contributed by atoms with Crippen LogP contribution in [0.3, 0.4) is 0 Å². The molecular formula is C26H20NOP. The molecule has 0 spiro atoms. The third-order valence-electron chi connectivity index (χ3n) is 6.28. The van der Waals surface area contributed by atoms with Crippen LogP contribution in [-0.2, 0) is 4.57 Å². The molecule has 6 rings (SSSR count). The van der Waals surface area contributed by atoms with Gasteiger partial charge in [-0.05, 0) is 11.6 Å². The molecule has 1 aliphatic heterocycles. The first kappa shape index (κ1) is 16.8. The van der Waals surface area contributed by atoms with Crippen molar-refractivity contribution in [3.63, 3.8) is 0 Å². The molecule has 3 aromatic carbocycles. The maximum atomic E-state index is 15.0. The summed E-state index contributed by atoms with van der Waals surface area (Å²) < 4.78 is 15.0. The molecule has 0 radical (unpaired) electrons. The number of para-hydroxylation sites is 1. The minimum absolute atomic E-state index is 0.0598. The van der Waals surface area contributed by atoms with Crippen LogP contribution in [-0.4, -0.2) is 10.6 Å². The Balaban J connectivity index is 1.78. The number of fused-ring (bicyclic) bond motifs is 7. The molecule has 3 atom stereocenters. The van der Waals surface area contributed by atoms with Gasteiger partial charge in [0, 0.05) is 38.7 Å². The monoisotopic (exact) mass is 393 g/mol. The van der Waals surface area contributed by atoms with Crippen LogP contribution in [0.4, 0.5) is 0 Å². The van der Waals surface area contributed by atoms with Gasteiger partial charge in [0.25, 0.3) is 0 Å². The topological polar surface area (TPSA) is 32.9 Å². The second kappa shape index (κ2) is 6.20. The quantitative estimate of drug-likeness (QED) is 0.411. The zero-order chi connectivity index (χ0) is 19.4. The van der Waals surface area contributed by atoms with Gasteiger partial charge in [0.2, 0.25) is 0 Å². The maximum absolute atomic E-state index is 15.0. The summed E-state index contributed by atoms with van der Waals surface area (Å²) in [5, 5.41) is 3.09. The molecule has 2 nitrogen and oxygen atoms in total. The van der Waals surface area contributed by atoms with Crippen LogP contribution < -0.4 is 10.6 Å². The molecule has 2 aliphatic rings. The van der Waals surface area contributed by atoms with Crippen molar-refractivity contribution in [1.29, 1.82) is 0 Å². The first-order chi connectivity index (χ1) is 14.3. The average Bonchev–Trinajstić information content (AvgIpc) is 3.15. The highest BCUT2D eigenvalue weighted by molar-refractivity contribution is 7.79. The summed E-state index contributed by atoms with van der Waals surface area (Å²) in [4.78, 5) is 3.66. The molecule has 0 saturated carbocycles. The van der Waals surface area contributed by atoms with Crippen LogP contribution in [0, 0.1) is 0 Å². The molecule has 2 heterocycles. The molecule has 3 heteroatoms. The van der Waals surface area contributed by atoms with E-state index in [1.165, 1.54) is 10.9 Å². The summed E-state index contributed by atoms with van der Waals surface area (Å²) in [5.74, 6) is 0.0598. The molecule has 3 unspecified atom stereocenters. The second-order valence-electron chi connectivity index (χ2n) is 7.76. The van der Waals surface area contributed by atoms with Crippen LogP contribution in [0.25, 0.3) is 22.2 Å². The molecule has 140 valence electrons. The van der Waals surface area contributed by atoms with Crippen molar-refractivity contribution in [2.75, 3.05) is 0 Å². The van der Waals surface area contributed by atoms with Gasteiger partial charge < -0.3 is 9.55 Å². The van der Waals surface area contributed by atoms with E-state index in [4.69, 9.17) is 0 Å². The minimum atomic E-state index is -2.92. The van der Waals surface area contributed by atoms with E-state index in [0.717, 1.165) is 27.4 Å². The highest BCUT2D eigenvalue weighted by atomic mass is 31.2. The van der Waals surface area contributed by atoms with E-state index in [1.54, 1.807) is 0 Å². The molecule has 0 bridgehead atoms. The Morgan fingerprint density at radius 3 is 2.38 bits per heavy atom. The molecule has 1 aliphatic carbocycles. The summed E-state index contributed by atoms with van der Waals surface area (Å²) in [6, 6.07) is 26.7. The molecule has 0 fully saturated rings. The summed E-state index contributed by atoms with van der Waals surface area (Å²) in [7, 11) is -2.92. The predicted octanol–water partition coefficient (Wildman–Crippen LogP) is 5.74. The van der Waals surface area contributed by atoms with Gasteiger partial charge in [-0.1, -0.05) is 97.1 Å². The van der Waals surface area contributed by atoms with Crippen molar-refractivity contribution in [3.8, 4) is 11.3 Å². The average molecular weight is 393 g/mol. The third-order valence-corrected chi connectivity index (χ3v) is 9.78.